The first-order valence-electron chi connectivity index (χ1n) is 26.7. The first kappa shape index (κ1) is 46.7. The zero-order valence-electron chi connectivity index (χ0n) is 41.5. The van der Waals surface area contributed by atoms with E-state index in [0.29, 0.717) is 71.3 Å². The minimum Gasteiger partial charge on any atom is -0.508 e. The van der Waals surface area contributed by atoms with Gasteiger partial charge in [-0.2, -0.15) is 9.97 Å². The number of carbonyl (C=O) groups is 2. The standard InChI is InChI=1S/C58H63F2N9O4/c1-3-42-49(59)10-5-36-21-41(70)23-47(51(36)42)53-52(60)54-48(24-61-53)55(69-29-39-6-7-40(30-69)62-39)65-57(64-54)73-32-58(14-15-58)31-68-27-37-25-67(26-38(37)28-68)19-18-66-16-12-34(13-17-66)35-4-8-43-45(22-35)33(2)20-46(43)44-9-11-50(71)63-56(44)72/h1,4-5,8,10,20-24,33-34,37-40,44,62,70H,6-7,9,11-19,25-32H2,2H3,(H,63,71,72). The van der Waals surface area contributed by atoms with Crippen molar-refractivity contribution in [2.24, 2.45) is 23.2 Å². The maximum Gasteiger partial charge on any atom is 0.319 e. The van der Waals surface area contributed by atoms with Gasteiger partial charge in [0.05, 0.1) is 23.5 Å². The number of nitrogens with one attached hydrogen (secondary N) is 2. The lowest BCUT2D eigenvalue weighted by atomic mass is 9.84. The largest absolute Gasteiger partial charge is 0.508 e. The zero-order chi connectivity index (χ0) is 49.7. The van der Waals surface area contributed by atoms with Gasteiger partial charge in [0.2, 0.25) is 11.8 Å². The highest BCUT2D eigenvalue weighted by Crippen LogP contribution is 2.49. The van der Waals surface area contributed by atoms with E-state index < -0.39 is 11.6 Å². The quantitative estimate of drug-likeness (QED) is 0.0861. The van der Waals surface area contributed by atoms with Crippen LogP contribution in [-0.2, 0) is 9.59 Å². The number of aromatic hydroxyl groups is 1. The molecule has 2 aromatic heterocycles. The molecule has 6 unspecified atom stereocenters. The van der Waals surface area contributed by atoms with Crippen molar-refractivity contribution in [2.75, 3.05) is 83.5 Å². The Hall–Kier alpha value is -6.05. The fourth-order valence-corrected chi connectivity index (χ4v) is 13.9. The number of aromatic nitrogens is 3. The number of benzene rings is 3. The molecule has 3 aromatic carbocycles. The minimum atomic E-state index is -0.712. The molecule has 6 saturated heterocycles. The third kappa shape index (κ3) is 8.71. The number of piperazine rings is 1. The van der Waals surface area contributed by atoms with Crippen molar-refractivity contribution in [1.82, 2.24) is 40.3 Å². The van der Waals surface area contributed by atoms with Crippen LogP contribution in [-0.4, -0.2) is 137 Å². The molecule has 8 heterocycles. The number of piperidine rings is 2. The number of hydrogen-bond acceptors (Lipinski definition) is 12. The molecule has 15 heteroatoms. The van der Waals surface area contributed by atoms with Gasteiger partial charge in [-0.25, -0.2) is 8.78 Å². The number of likely N-dealkylation sites (tertiary alicyclic amines) is 3. The van der Waals surface area contributed by atoms with Crippen LogP contribution in [0, 0.1) is 47.1 Å². The van der Waals surface area contributed by atoms with Gasteiger partial charge in [-0.15, -0.1) is 6.42 Å². The number of halogens is 2. The smallest absolute Gasteiger partial charge is 0.319 e. The lowest BCUT2D eigenvalue weighted by molar-refractivity contribution is -0.134. The number of carbonyl (C=O) groups excluding carboxylic acids is 2. The number of ether oxygens (including phenoxy) is 1. The molecule has 5 aromatic rings. The fourth-order valence-electron chi connectivity index (χ4n) is 13.9. The first-order valence-corrected chi connectivity index (χ1v) is 26.7. The van der Waals surface area contributed by atoms with E-state index in [-0.39, 0.29) is 63.2 Å². The number of hydrogen-bond donors (Lipinski definition) is 3. The molecule has 8 aliphatic rings. The SMILES string of the molecule is C#Cc1c(F)ccc2cc(O)cc(-c3ncc4c(N5CC6CCC(C5)N6)nc(OCC5(CN6CC7CN(CCN8CCC(c9ccc%10c(c9)C(C)C=C%10C9CCC(=O)NC9=O)CC8)CC7C6)CC5)nc4c3F)c12. The molecule has 2 aliphatic carbocycles. The number of phenols is 1. The number of fused-ring (bicyclic) bond motifs is 6. The lowest BCUT2D eigenvalue weighted by Crippen LogP contribution is -2.51. The molecule has 2 amide bonds. The Morgan fingerprint density at radius 3 is 2.37 bits per heavy atom. The van der Waals surface area contributed by atoms with Crippen molar-refractivity contribution in [3.63, 3.8) is 0 Å². The van der Waals surface area contributed by atoms with E-state index in [4.69, 9.17) is 21.1 Å². The summed E-state index contributed by atoms with van der Waals surface area (Å²) >= 11 is 0. The summed E-state index contributed by atoms with van der Waals surface area (Å²) in [5.41, 5.74) is 5.11. The maximum absolute atomic E-state index is 17.2. The minimum absolute atomic E-state index is 0.0110. The van der Waals surface area contributed by atoms with Gasteiger partial charge in [-0.3, -0.25) is 19.9 Å². The van der Waals surface area contributed by atoms with Gasteiger partial charge in [0, 0.05) is 106 Å². The Bertz CT molecular complexity index is 3120. The second-order valence-corrected chi connectivity index (χ2v) is 22.9. The van der Waals surface area contributed by atoms with E-state index in [2.05, 4.69) is 72.3 Å². The molecule has 13 rings (SSSR count). The van der Waals surface area contributed by atoms with Crippen molar-refractivity contribution < 1.29 is 28.2 Å². The molecule has 1 saturated carbocycles. The maximum atomic E-state index is 17.2. The third-order valence-electron chi connectivity index (χ3n) is 18.0. The van der Waals surface area contributed by atoms with Gasteiger partial charge in [0.1, 0.15) is 28.6 Å². The number of terminal acetylenes is 1. The normalized spacial score (nSPS) is 27.1. The highest BCUT2D eigenvalue weighted by atomic mass is 19.1. The van der Waals surface area contributed by atoms with Gasteiger partial charge in [-0.05, 0) is 122 Å². The molecular weight excluding hydrogens is 925 g/mol. The summed E-state index contributed by atoms with van der Waals surface area (Å²) in [7, 11) is 0. The second-order valence-electron chi connectivity index (χ2n) is 22.9. The van der Waals surface area contributed by atoms with Crippen LogP contribution in [0.2, 0.25) is 0 Å². The van der Waals surface area contributed by atoms with Crippen LogP contribution in [0.25, 0.3) is 38.5 Å². The third-order valence-corrected chi connectivity index (χ3v) is 18.0. The summed E-state index contributed by atoms with van der Waals surface area (Å²) in [6, 6.07) is 13.3. The average Bonchev–Trinajstić information content (AvgIpc) is 3.55. The summed E-state index contributed by atoms with van der Waals surface area (Å²) in [6.07, 6.45) is 17.1. The van der Waals surface area contributed by atoms with Crippen molar-refractivity contribution >= 4 is 44.9 Å². The second kappa shape index (κ2) is 18.4. The predicted molar refractivity (Wildman–Crippen MR) is 276 cm³/mol. The molecule has 7 fully saturated rings. The summed E-state index contributed by atoms with van der Waals surface area (Å²) in [4.78, 5) is 49.0. The Balaban J connectivity index is 0.631. The van der Waals surface area contributed by atoms with E-state index in [9.17, 15) is 14.7 Å². The number of allylic oxidation sites excluding steroid dienone is 1. The Labute approximate surface area is 424 Å². The molecule has 0 spiro atoms. The number of pyridine rings is 1. The molecule has 73 heavy (non-hydrogen) atoms. The van der Waals surface area contributed by atoms with Gasteiger partial charge >= 0.3 is 6.01 Å². The molecule has 6 aliphatic heterocycles. The number of imide groups is 1. The number of phenolic OH excluding ortho intramolecular Hbond substituents is 1. The van der Waals surface area contributed by atoms with E-state index in [1.165, 1.54) is 41.0 Å². The Kier molecular flexibility index (Phi) is 11.8. The highest BCUT2D eigenvalue weighted by Gasteiger charge is 2.49. The van der Waals surface area contributed by atoms with Crippen molar-refractivity contribution in [1.29, 1.82) is 0 Å². The Morgan fingerprint density at radius 1 is 0.877 bits per heavy atom. The van der Waals surface area contributed by atoms with Crippen LogP contribution < -0.4 is 20.3 Å². The van der Waals surface area contributed by atoms with E-state index >= 15 is 8.78 Å². The van der Waals surface area contributed by atoms with Crippen LogP contribution in [0.1, 0.15) is 92.4 Å². The highest BCUT2D eigenvalue weighted by molar-refractivity contribution is 6.05. The molecular formula is C58H63F2N9O4. The van der Waals surface area contributed by atoms with Crippen LogP contribution in [0.15, 0.2) is 54.7 Å². The van der Waals surface area contributed by atoms with Crippen molar-refractivity contribution in [2.45, 2.75) is 82.2 Å². The van der Waals surface area contributed by atoms with Crippen molar-refractivity contribution in [3.8, 4) is 35.4 Å². The monoisotopic (exact) mass is 987 g/mol. The summed E-state index contributed by atoms with van der Waals surface area (Å²) in [5, 5.41) is 18.2. The van der Waals surface area contributed by atoms with E-state index in [0.717, 1.165) is 116 Å². The molecule has 378 valence electrons. The topological polar surface area (TPSA) is 139 Å². The summed E-state index contributed by atoms with van der Waals surface area (Å²) in [5.74, 6) is 3.13. The Morgan fingerprint density at radius 2 is 1.63 bits per heavy atom. The average molecular weight is 988 g/mol. The van der Waals surface area contributed by atoms with Crippen LogP contribution in [0.4, 0.5) is 14.6 Å². The fraction of sp³-hybridized carbons (Fsp3) is 0.500. The van der Waals surface area contributed by atoms with Crippen LogP contribution in [0.5, 0.6) is 11.8 Å². The van der Waals surface area contributed by atoms with E-state index in [1.807, 2.05) is 0 Å². The predicted octanol–water partition coefficient (Wildman–Crippen LogP) is 7.21. The van der Waals surface area contributed by atoms with Crippen LogP contribution in [0.3, 0.4) is 0 Å². The van der Waals surface area contributed by atoms with Gasteiger partial charge < -0.3 is 34.8 Å². The number of nitrogens with zero attached hydrogens (tertiary/aromatic N) is 7. The molecule has 2 bridgehead atoms. The molecule has 0 radical (unpaired) electrons. The summed E-state index contributed by atoms with van der Waals surface area (Å²) in [6.45, 7) is 14.0. The van der Waals surface area contributed by atoms with Gasteiger partial charge in [0.15, 0.2) is 5.82 Å². The van der Waals surface area contributed by atoms with Gasteiger partial charge in [0.25, 0.3) is 0 Å². The summed E-state index contributed by atoms with van der Waals surface area (Å²) < 4.78 is 38.8. The molecule has 6 atom stereocenters. The van der Waals surface area contributed by atoms with Crippen molar-refractivity contribution in [3.05, 3.63) is 88.6 Å². The zero-order valence-corrected chi connectivity index (χ0v) is 41.5. The number of amides is 2. The number of rotatable bonds is 12. The van der Waals surface area contributed by atoms with Gasteiger partial charge in [-0.1, -0.05) is 43.2 Å². The lowest BCUT2D eigenvalue weighted by Gasteiger charge is -2.34. The number of anilines is 1. The molecule has 3 N–H and O–H groups in total. The molecule has 13 nitrogen and oxygen atoms in total. The van der Waals surface area contributed by atoms with Crippen LogP contribution >= 0.6 is 0 Å². The first-order chi connectivity index (χ1) is 35.4. The van der Waals surface area contributed by atoms with E-state index in [1.54, 1.807) is 6.20 Å².